The van der Waals surface area contributed by atoms with Gasteiger partial charge in [0.15, 0.2) is 5.69 Å². The highest BCUT2D eigenvalue weighted by Crippen LogP contribution is 2.31. The molecule has 1 N–H and O–H groups in total. The van der Waals surface area contributed by atoms with Crippen LogP contribution in [0.1, 0.15) is 75.2 Å². The lowest BCUT2D eigenvalue weighted by atomic mass is 9.91. The molecule has 1 aliphatic rings. The average molecular weight is 487 g/mol. The number of halogens is 1. The van der Waals surface area contributed by atoms with E-state index in [9.17, 15) is 18.8 Å². The monoisotopic (exact) mass is 486 g/mol. The molecule has 1 aromatic carbocycles. The van der Waals surface area contributed by atoms with Crippen LogP contribution in [0.25, 0.3) is 0 Å². The molecule has 1 aromatic heterocycles. The minimum absolute atomic E-state index is 0.0160. The van der Waals surface area contributed by atoms with Crippen molar-refractivity contribution in [3.8, 4) is 0 Å². The summed E-state index contributed by atoms with van der Waals surface area (Å²) in [7, 11) is 0. The summed E-state index contributed by atoms with van der Waals surface area (Å²) in [6, 6.07) is 7.23. The third kappa shape index (κ3) is 6.46. The summed E-state index contributed by atoms with van der Waals surface area (Å²) >= 11 is 0. The Hall–Kier alpha value is -3.23. The number of likely N-dealkylation sites (tertiary alicyclic amines) is 1. The van der Waals surface area contributed by atoms with Crippen LogP contribution in [0.5, 0.6) is 0 Å². The number of carbonyl (C=O) groups is 3. The Balaban J connectivity index is 1.74. The number of hydrogen-bond acceptors (Lipinski definition) is 5. The summed E-state index contributed by atoms with van der Waals surface area (Å²) in [6.07, 6.45) is 1.37. The highest BCUT2D eigenvalue weighted by Gasteiger charge is 2.33. The van der Waals surface area contributed by atoms with Gasteiger partial charge in [-0.25, -0.2) is 9.18 Å². The number of hydrogen-bond donors (Lipinski definition) is 1. The fraction of sp³-hybridized carbons (Fsp3) is 0.538. The molecule has 9 heteroatoms. The van der Waals surface area contributed by atoms with Crippen LogP contribution in [-0.4, -0.2) is 58.2 Å². The molecule has 0 aliphatic carbocycles. The number of piperidine rings is 1. The van der Waals surface area contributed by atoms with E-state index >= 15 is 0 Å². The Bertz CT molecular complexity index is 1070. The van der Waals surface area contributed by atoms with Crippen molar-refractivity contribution < 1.29 is 23.5 Å². The van der Waals surface area contributed by atoms with Gasteiger partial charge in [-0.3, -0.25) is 14.3 Å². The number of esters is 1. The van der Waals surface area contributed by atoms with Crippen molar-refractivity contribution in [1.29, 1.82) is 0 Å². The van der Waals surface area contributed by atoms with Crippen LogP contribution < -0.4 is 5.32 Å². The van der Waals surface area contributed by atoms with Gasteiger partial charge >= 0.3 is 5.97 Å². The molecule has 2 aromatic rings. The van der Waals surface area contributed by atoms with Gasteiger partial charge in [0.1, 0.15) is 11.9 Å². The average Bonchev–Trinajstić information content (AvgIpc) is 3.26. The molecule has 0 saturated carbocycles. The number of benzene rings is 1. The van der Waals surface area contributed by atoms with E-state index in [1.165, 1.54) is 13.0 Å². The van der Waals surface area contributed by atoms with E-state index in [0.29, 0.717) is 31.5 Å². The second kappa shape index (κ2) is 11.0. The normalized spacial score (nSPS) is 15.5. The molecule has 0 spiro atoms. The third-order valence-corrected chi connectivity index (χ3v) is 6.17. The molecule has 2 heterocycles. The quantitative estimate of drug-likeness (QED) is 0.606. The van der Waals surface area contributed by atoms with Crippen LogP contribution in [0.4, 0.5) is 4.39 Å². The Morgan fingerprint density at radius 3 is 2.43 bits per heavy atom. The van der Waals surface area contributed by atoms with Gasteiger partial charge < -0.3 is 15.0 Å². The van der Waals surface area contributed by atoms with E-state index in [-0.39, 0.29) is 42.0 Å². The van der Waals surface area contributed by atoms with Gasteiger partial charge in [0.05, 0.1) is 12.6 Å². The zero-order chi connectivity index (χ0) is 25.8. The van der Waals surface area contributed by atoms with Crippen molar-refractivity contribution in [2.24, 2.45) is 0 Å². The first-order chi connectivity index (χ1) is 16.5. The van der Waals surface area contributed by atoms with E-state index in [1.807, 2.05) is 4.68 Å². The van der Waals surface area contributed by atoms with Gasteiger partial charge in [0.25, 0.3) is 0 Å². The molecule has 0 bridgehead atoms. The smallest absolute Gasteiger partial charge is 0.358 e. The second-order valence-electron chi connectivity index (χ2n) is 9.93. The first-order valence-electron chi connectivity index (χ1n) is 12.1. The number of carbonyl (C=O) groups excluding carboxylic acids is 3. The summed E-state index contributed by atoms with van der Waals surface area (Å²) in [5.74, 6) is -1.42. The number of rotatable bonds is 7. The topological polar surface area (TPSA) is 93.5 Å². The fourth-order valence-electron chi connectivity index (χ4n) is 4.42. The third-order valence-electron chi connectivity index (χ3n) is 6.17. The van der Waals surface area contributed by atoms with Gasteiger partial charge in [-0.15, -0.1) is 0 Å². The maximum Gasteiger partial charge on any atom is 0.358 e. The summed E-state index contributed by atoms with van der Waals surface area (Å²) in [5.41, 5.74) is 1.36. The molecule has 1 saturated heterocycles. The number of nitrogens with one attached hydrogen (secondary N) is 1. The molecular formula is C26H35FN4O4. The largest absolute Gasteiger partial charge is 0.461 e. The second-order valence-corrected chi connectivity index (χ2v) is 9.93. The van der Waals surface area contributed by atoms with Gasteiger partial charge in [-0.1, -0.05) is 39.0 Å². The van der Waals surface area contributed by atoms with Crippen molar-refractivity contribution >= 4 is 17.8 Å². The zero-order valence-corrected chi connectivity index (χ0v) is 21.1. The predicted octanol–water partition coefficient (Wildman–Crippen LogP) is 3.41. The van der Waals surface area contributed by atoms with Crippen molar-refractivity contribution in [3.63, 3.8) is 0 Å². The Morgan fingerprint density at radius 2 is 1.86 bits per heavy atom. The van der Waals surface area contributed by atoms with Crippen molar-refractivity contribution in [1.82, 2.24) is 20.0 Å². The number of amides is 2. The van der Waals surface area contributed by atoms with Crippen molar-refractivity contribution in [3.05, 3.63) is 53.1 Å². The first kappa shape index (κ1) is 26.4. The molecule has 0 radical (unpaired) electrons. The van der Waals surface area contributed by atoms with Crippen LogP contribution in [-0.2, 0) is 26.2 Å². The zero-order valence-electron chi connectivity index (χ0n) is 21.1. The molecular weight excluding hydrogens is 451 g/mol. The Kier molecular flexibility index (Phi) is 8.30. The molecule has 35 heavy (non-hydrogen) atoms. The van der Waals surface area contributed by atoms with Crippen molar-refractivity contribution in [2.45, 2.75) is 71.4 Å². The maximum atomic E-state index is 14.2. The standard InChI is InChI=1S/C26H35FN4O4/c1-6-35-25(34)22-16-23(26(3,4)5)31(29-22)19-11-13-30(14-12-19)24(33)21(28-17(2)32)15-18-9-7-8-10-20(18)27/h7-10,16,19,21H,6,11-15H2,1-5H3,(H,28,32). The molecule has 190 valence electrons. The minimum Gasteiger partial charge on any atom is -0.461 e. The summed E-state index contributed by atoms with van der Waals surface area (Å²) < 4.78 is 21.2. The van der Waals surface area contributed by atoms with E-state index in [1.54, 1.807) is 36.1 Å². The molecule has 3 rings (SSSR count). The lowest BCUT2D eigenvalue weighted by molar-refractivity contribution is -0.137. The van der Waals surface area contributed by atoms with Crippen molar-refractivity contribution in [2.75, 3.05) is 19.7 Å². The van der Waals surface area contributed by atoms with E-state index in [0.717, 1.165) is 5.69 Å². The fourth-order valence-corrected chi connectivity index (χ4v) is 4.42. The highest BCUT2D eigenvalue weighted by molar-refractivity contribution is 5.88. The maximum absolute atomic E-state index is 14.2. The molecule has 1 aliphatic heterocycles. The number of ether oxygens (including phenoxy) is 1. The molecule has 8 nitrogen and oxygen atoms in total. The van der Waals surface area contributed by atoms with E-state index < -0.39 is 17.8 Å². The van der Waals surface area contributed by atoms with Gasteiger partial charge in [0, 0.05) is 37.5 Å². The first-order valence-corrected chi connectivity index (χ1v) is 12.1. The molecule has 1 unspecified atom stereocenters. The predicted molar refractivity (Wildman–Crippen MR) is 129 cm³/mol. The molecule has 1 fully saturated rings. The van der Waals surface area contributed by atoms with Crippen LogP contribution in [0, 0.1) is 5.82 Å². The lowest BCUT2D eigenvalue weighted by Gasteiger charge is -2.36. The SMILES string of the molecule is CCOC(=O)c1cc(C(C)(C)C)n(C2CCN(C(=O)C(Cc3ccccc3F)NC(C)=O)CC2)n1. The van der Waals surface area contributed by atoms with Crippen LogP contribution in [0.3, 0.4) is 0 Å². The van der Waals surface area contributed by atoms with Gasteiger partial charge in [-0.2, -0.15) is 5.10 Å². The lowest BCUT2D eigenvalue weighted by Crippen LogP contribution is -2.51. The van der Waals surface area contributed by atoms with Gasteiger partial charge in [-0.05, 0) is 37.5 Å². The van der Waals surface area contributed by atoms with Gasteiger partial charge in [0.2, 0.25) is 11.8 Å². The molecule has 1 atom stereocenters. The minimum atomic E-state index is -0.841. The number of nitrogens with zero attached hydrogens (tertiary/aromatic N) is 3. The van der Waals surface area contributed by atoms with E-state index in [2.05, 4.69) is 31.2 Å². The summed E-state index contributed by atoms with van der Waals surface area (Å²) in [6.45, 7) is 10.5. The number of aromatic nitrogens is 2. The van der Waals surface area contributed by atoms with E-state index in [4.69, 9.17) is 4.74 Å². The Labute approximate surface area is 205 Å². The Morgan fingerprint density at radius 1 is 1.20 bits per heavy atom. The summed E-state index contributed by atoms with van der Waals surface area (Å²) in [4.78, 5) is 39.1. The highest BCUT2D eigenvalue weighted by atomic mass is 19.1. The van der Waals surface area contributed by atoms with Crippen LogP contribution >= 0.6 is 0 Å². The van der Waals surface area contributed by atoms with Crippen LogP contribution in [0.2, 0.25) is 0 Å². The van der Waals surface area contributed by atoms with Crippen LogP contribution in [0.15, 0.2) is 30.3 Å². The molecule has 2 amide bonds. The summed E-state index contributed by atoms with van der Waals surface area (Å²) in [5, 5.41) is 7.26.